The molecule has 0 aliphatic heterocycles. The number of carbonyl (C=O) groups excluding carboxylic acids is 4. The predicted molar refractivity (Wildman–Crippen MR) is 195 cm³/mol. The number of hydrogen-bond donors (Lipinski definition) is 0. The van der Waals surface area contributed by atoms with E-state index in [1.54, 1.807) is 24.3 Å². The average Bonchev–Trinajstić information content (AvgIpc) is 3.37. The number of aryl methyl sites for hydroxylation is 2. The molecule has 1 aliphatic rings. The zero-order valence-corrected chi connectivity index (χ0v) is 29.5. The van der Waals surface area contributed by atoms with E-state index in [2.05, 4.69) is 26.3 Å². The Kier molecular flexibility index (Phi) is 9.83. The summed E-state index contributed by atoms with van der Waals surface area (Å²) in [5.74, 6) is -2.82. The van der Waals surface area contributed by atoms with E-state index < -0.39 is 29.3 Å². The van der Waals surface area contributed by atoms with Crippen LogP contribution in [-0.2, 0) is 24.6 Å². The van der Waals surface area contributed by atoms with Crippen LogP contribution in [-0.4, -0.2) is 23.9 Å². The minimum Gasteiger partial charge on any atom is -0.419 e. The fraction of sp³-hybridized carbons (Fsp3) is 0.163. The van der Waals surface area contributed by atoms with E-state index in [1.165, 1.54) is 27.7 Å². The largest absolute Gasteiger partial charge is 0.419 e. The Morgan fingerprint density at radius 1 is 0.451 bits per heavy atom. The summed E-state index contributed by atoms with van der Waals surface area (Å²) < 4.78 is 23.0. The van der Waals surface area contributed by atoms with Gasteiger partial charge in [-0.25, -0.2) is 19.2 Å². The van der Waals surface area contributed by atoms with Gasteiger partial charge in [0.05, 0.1) is 5.41 Å². The first-order valence-electron chi connectivity index (χ1n) is 16.1. The molecule has 0 aromatic heterocycles. The number of hydrogen-bond acceptors (Lipinski definition) is 8. The topological polar surface area (TPSA) is 105 Å². The molecule has 8 heteroatoms. The van der Waals surface area contributed by atoms with E-state index in [4.69, 9.17) is 18.9 Å². The summed E-state index contributed by atoms with van der Waals surface area (Å²) in [7, 11) is 0. The van der Waals surface area contributed by atoms with Gasteiger partial charge >= 0.3 is 23.9 Å². The van der Waals surface area contributed by atoms with Crippen LogP contribution in [0.2, 0.25) is 0 Å². The van der Waals surface area contributed by atoms with Gasteiger partial charge in [-0.1, -0.05) is 74.8 Å². The van der Waals surface area contributed by atoms with E-state index in [0.29, 0.717) is 22.3 Å². The van der Waals surface area contributed by atoms with Crippen LogP contribution < -0.4 is 18.9 Å². The van der Waals surface area contributed by atoms with E-state index in [1.807, 2.05) is 62.4 Å². The Labute approximate surface area is 297 Å². The van der Waals surface area contributed by atoms with Crippen LogP contribution in [0.3, 0.4) is 0 Å². The quantitative estimate of drug-likeness (QED) is 0.0820. The van der Waals surface area contributed by atoms with E-state index in [-0.39, 0.29) is 45.3 Å². The maximum atomic E-state index is 13.0. The minimum absolute atomic E-state index is 0.0157. The monoisotopic (exact) mass is 682 g/mol. The minimum atomic E-state index is -1.14. The second-order valence-corrected chi connectivity index (χ2v) is 12.7. The molecule has 5 rings (SSSR count). The van der Waals surface area contributed by atoms with E-state index in [9.17, 15) is 19.2 Å². The zero-order chi connectivity index (χ0) is 37.4. The van der Waals surface area contributed by atoms with Crippen molar-refractivity contribution in [2.75, 3.05) is 0 Å². The number of fused-ring (bicyclic) bond motifs is 3. The molecule has 0 unspecified atom stereocenters. The highest BCUT2D eigenvalue weighted by molar-refractivity contribution is 5.93. The summed E-state index contributed by atoms with van der Waals surface area (Å²) >= 11 is 0. The summed E-state index contributed by atoms with van der Waals surface area (Å²) in [4.78, 5) is 51.5. The van der Waals surface area contributed by atoms with Gasteiger partial charge in [-0.3, -0.25) is 0 Å². The maximum Gasteiger partial charge on any atom is 0.338 e. The molecule has 0 saturated carbocycles. The molecule has 0 radical (unpaired) electrons. The Balaban J connectivity index is 1.93. The Hall–Kier alpha value is -6.28. The van der Waals surface area contributed by atoms with Crippen molar-refractivity contribution in [3.8, 4) is 34.1 Å². The number of ether oxygens (including phenoxy) is 4. The highest BCUT2D eigenvalue weighted by Crippen LogP contribution is 2.59. The fourth-order valence-electron chi connectivity index (χ4n) is 6.16. The summed E-state index contributed by atoms with van der Waals surface area (Å²) in [6.07, 6.45) is 0. The van der Waals surface area contributed by atoms with Gasteiger partial charge in [0.1, 0.15) is 0 Å². The molecule has 0 spiro atoms. The Bertz CT molecular complexity index is 2060. The molecule has 8 nitrogen and oxygen atoms in total. The average molecular weight is 683 g/mol. The van der Waals surface area contributed by atoms with Gasteiger partial charge < -0.3 is 18.9 Å². The van der Waals surface area contributed by atoms with E-state index >= 15 is 0 Å². The highest BCUT2D eigenvalue weighted by atomic mass is 16.6. The normalized spacial score (nSPS) is 12.1. The second kappa shape index (κ2) is 13.9. The molecule has 258 valence electrons. The van der Waals surface area contributed by atoms with Crippen molar-refractivity contribution in [3.63, 3.8) is 0 Å². The molecule has 1 aliphatic carbocycles. The Morgan fingerprint density at radius 3 is 1.02 bits per heavy atom. The predicted octanol–water partition coefficient (Wildman–Crippen LogP) is 8.59. The smallest absolute Gasteiger partial charge is 0.338 e. The SMILES string of the molecule is C=C(C)C(=O)Oc1cc(C)c(C2(c3cc(OC(=O)C(=C)C)c(OC(=O)C(=C)C)cc3C)c3ccccc3-c3ccccc32)cc1OC(=O)C(=C)C. The number of carbonyl (C=O) groups is 4. The van der Waals surface area contributed by atoms with Crippen molar-refractivity contribution in [1.29, 1.82) is 0 Å². The third-order valence-electron chi connectivity index (χ3n) is 8.55. The molecule has 0 N–H and O–H groups in total. The van der Waals surface area contributed by atoms with Crippen LogP contribution in [0.5, 0.6) is 23.0 Å². The van der Waals surface area contributed by atoms with Crippen molar-refractivity contribution in [1.82, 2.24) is 0 Å². The van der Waals surface area contributed by atoms with Crippen molar-refractivity contribution in [2.45, 2.75) is 47.0 Å². The van der Waals surface area contributed by atoms with Gasteiger partial charge in [-0.05, 0) is 110 Å². The summed E-state index contributed by atoms with van der Waals surface area (Å²) in [5.41, 5.74) is 5.82. The molecule has 0 heterocycles. The number of benzene rings is 4. The molecule has 0 saturated heterocycles. The third kappa shape index (κ3) is 6.56. The molecule has 4 aromatic rings. The van der Waals surface area contributed by atoms with E-state index in [0.717, 1.165) is 22.3 Å². The van der Waals surface area contributed by atoms with Crippen molar-refractivity contribution >= 4 is 23.9 Å². The lowest BCUT2D eigenvalue weighted by Crippen LogP contribution is -2.31. The number of esters is 4. The molecule has 0 bridgehead atoms. The first-order chi connectivity index (χ1) is 24.1. The lowest BCUT2D eigenvalue weighted by molar-refractivity contribution is -0.132. The molecular weight excluding hydrogens is 644 g/mol. The first-order valence-corrected chi connectivity index (χ1v) is 16.1. The summed E-state index contributed by atoms with van der Waals surface area (Å²) in [5, 5.41) is 0. The molecular formula is C43H38O8. The van der Waals surface area contributed by atoms with Gasteiger partial charge in [0.25, 0.3) is 0 Å². The molecule has 4 aromatic carbocycles. The van der Waals surface area contributed by atoms with Crippen molar-refractivity contribution in [2.24, 2.45) is 0 Å². The lowest BCUT2D eigenvalue weighted by Gasteiger charge is -2.37. The van der Waals surface area contributed by atoms with Crippen LogP contribution in [0.4, 0.5) is 0 Å². The van der Waals surface area contributed by atoms with Gasteiger partial charge in [-0.2, -0.15) is 0 Å². The van der Waals surface area contributed by atoms with Gasteiger partial charge in [0, 0.05) is 22.3 Å². The molecule has 0 atom stereocenters. The van der Waals surface area contributed by atoms with Gasteiger partial charge in [0.2, 0.25) is 0 Å². The highest BCUT2D eigenvalue weighted by Gasteiger charge is 2.48. The second-order valence-electron chi connectivity index (χ2n) is 12.7. The Morgan fingerprint density at radius 2 is 0.725 bits per heavy atom. The standard InChI is InChI=1S/C43H38O8/c1-23(2)39(44)48-35-19-27(9)33(21-37(35)50-41(46)25(5)6)43(31-17-13-11-15-29(31)30-16-12-14-18-32(30)43)34-22-38(51-42(47)26(7)8)36(20-28(34)10)49-40(45)24(3)4/h11-22H,1,3,5,7H2,2,4,6,8-10H3. The van der Waals surface area contributed by atoms with Gasteiger partial charge in [0.15, 0.2) is 23.0 Å². The van der Waals surface area contributed by atoms with Crippen LogP contribution in [0.25, 0.3) is 11.1 Å². The van der Waals surface area contributed by atoms with Crippen molar-refractivity contribution in [3.05, 3.63) is 155 Å². The maximum absolute atomic E-state index is 13.0. The summed E-state index contributed by atoms with van der Waals surface area (Å²) in [6, 6.07) is 22.5. The van der Waals surface area contributed by atoms with Crippen LogP contribution in [0, 0.1) is 13.8 Å². The number of rotatable bonds is 10. The summed E-state index contributed by atoms with van der Waals surface area (Å²) in [6.45, 7) is 24.6. The fourth-order valence-corrected chi connectivity index (χ4v) is 6.16. The van der Waals surface area contributed by atoms with Crippen molar-refractivity contribution < 1.29 is 38.1 Å². The zero-order valence-electron chi connectivity index (χ0n) is 29.5. The molecule has 0 amide bonds. The third-order valence-corrected chi connectivity index (χ3v) is 8.55. The molecule has 51 heavy (non-hydrogen) atoms. The van der Waals surface area contributed by atoms with Crippen LogP contribution in [0.15, 0.2) is 121 Å². The van der Waals surface area contributed by atoms with Gasteiger partial charge in [-0.15, -0.1) is 0 Å². The van der Waals surface area contributed by atoms with Crippen LogP contribution >= 0.6 is 0 Å². The first kappa shape index (κ1) is 36.0. The van der Waals surface area contributed by atoms with Crippen LogP contribution in [0.1, 0.15) is 61.1 Å². The molecule has 0 fully saturated rings. The lowest BCUT2D eigenvalue weighted by atomic mass is 9.65.